The molecule has 1 atom stereocenters. The largest absolute Gasteiger partial charge is 0.309 e. The highest BCUT2D eigenvalue weighted by Gasteiger charge is 2.13. The smallest absolute Gasteiger partial charge is 0.0620 e. The summed E-state index contributed by atoms with van der Waals surface area (Å²) < 4.78 is 1.93. The molecule has 0 aliphatic carbocycles. The van der Waals surface area contributed by atoms with Crippen molar-refractivity contribution < 1.29 is 0 Å². The zero-order valence-electron chi connectivity index (χ0n) is 10.5. The SMILES string of the molecule is CCn1cc(C(NC)c2ccc(C)nc2)cn1. The van der Waals surface area contributed by atoms with Gasteiger partial charge in [0.1, 0.15) is 0 Å². The van der Waals surface area contributed by atoms with Crippen LogP contribution in [0, 0.1) is 6.92 Å². The van der Waals surface area contributed by atoms with Crippen molar-refractivity contribution in [2.24, 2.45) is 0 Å². The first kappa shape index (κ1) is 11.8. The summed E-state index contributed by atoms with van der Waals surface area (Å²) in [7, 11) is 1.95. The summed E-state index contributed by atoms with van der Waals surface area (Å²) in [6.07, 6.45) is 5.89. The Labute approximate surface area is 102 Å². The predicted molar refractivity (Wildman–Crippen MR) is 67.8 cm³/mol. The summed E-state index contributed by atoms with van der Waals surface area (Å²) in [6.45, 7) is 4.97. The molecule has 1 N–H and O–H groups in total. The van der Waals surface area contributed by atoms with E-state index in [1.54, 1.807) is 0 Å². The standard InChI is InChI=1S/C13H18N4/c1-4-17-9-12(8-16-17)13(14-3)11-6-5-10(2)15-7-11/h5-9,13-14H,4H2,1-3H3. The maximum Gasteiger partial charge on any atom is 0.0620 e. The van der Waals surface area contributed by atoms with Gasteiger partial charge >= 0.3 is 0 Å². The molecule has 0 radical (unpaired) electrons. The van der Waals surface area contributed by atoms with Crippen LogP contribution in [-0.4, -0.2) is 21.8 Å². The van der Waals surface area contributed by atoms with Crippen molar-refractivity contribution in [2.45, 2.75) is 26.4 Å². The van der Waals surface area contributed by atoms with Gasteiger partial charge in [0.15, 0.2) is 0 Å². The molecule has 90 valence electrons. The number of hydrogen-bond donors (Lipinski definition) is 1. The van der Waals surface area contributed by atoms with E-state index in [1.165, 1.54) is 5.56 Å². The van der Waals surface area contributed by atoms with Crippen molar-refractivity contribution in [1.82, 2.24) is 20.1 Å². The van der Waals surface area contributed by atoms with Gasteiger partial charge in [-0.15, -0.1) is 0 Å². The molecule has 0 aliphatic heterocycles. The Morgan fingerprint density at radius 1 is 1.29 bits per heavy atom. The van der Waals surface area contributed by atoms with Crippen LogP contribution in [0.1, 0.15) is 29.8 Å². The molecule has 0 amide bonds. The van der Waals surface area contributed by atoms with Crippen LogP contribution in [0.15, 0.2) is 30.7 Å². The lowest BCUT2D eigenvalue weighted by Gasteiger charge is -2.14. The van der Waals surface area contributed by atoms with Gasteiger partial charge in [-0.2, -0.15) is 5.10 Å². The topological polar surface area (TPSA) is 42.7 Å². The Kier molecular flexibility index (Phi) is 3.54. The minimum atomic E-state index is 0.156. The molecular weight excluding hydrogens is 212 g/mol. The second kappa shape index (κ2) is 5.10. The first-order valence-corrected chi connectivity index (χ1v) is 5.86. The molecule has 4 nitrogen and oxygen atoms in total. The van der Waals surface area contributed by atoms with Crippen LogP contribution in [0.2, 0.25) is 0 Å². The van der Waals surface area contributed by atoms with E-state index in [2.05, 4.69) is 34.6 Å². The lowest BCUT2D eigenvalue weighted by molar-refractivity contribution is 0.653. The zero-order valence-corrected chi connectivity index (χ0v) is 10.5. The third kappa shape index (κ3) is 2.53. The van der Waals surface area contributed by atoms with E-state index in [1.807, 2.05) is 37.1 Å². The van der Waals surface area contributed by atoms with Gasteiger partial charge in [0, 0.05) is 30.2 Å². The van der Waals surface area contributed by atoms with E-state index in [4.69, 9.17) is 0 Å². The molecular formula is C13H18N4. The Morgan fingerprint density at radius 3 is 2.65 bits per heavy atom. The van der Waals surface area contributed by atoms with Crippen LogP contribution in [-0.2, 0) is 6.54 Å². The van der Waals surface area contributed by atoms with Crippen molar-refractivity contribution in [3.05, 3.63) is 47.5 Å². The summed E-state index contributed by atoms with van der Waals surface area (Å²) in [5.74, 6) is 0. The fourth-order valence-corrected chi connectivity index (χ4v) is 1.88. The Bertz CT molecular complexity index is 472. The number of rotatable bonds is 4. The van der Waals surface area contributed by atoms with E-state index in [-0.39, 0.29) is 6.04 Å². The van der Waals surface area contributed by atoms with Crippen LogP contribution < -0.4 is 5.32 Å². The second-order valence-electron chi connectivity index (χ2n) is 4.08. The summed E-state index contributed by atoms with van der Waals surface area (Å²) in [6, 6.07) is 4.29. The lowest BCUT2D eigenvalue weighted by atomic mass is 10.0. The molecule has 2 rings (SSSR count). The van der Waals surface area contributed by atoms with Crippen LogP contribution >= 0.6 is 0 Å². The van der Waals surface area contributed by atoms with Crippen LogP contribution in [0.3, 0.4) is 0 Å². The number of nitrogens with one attached hydrogen (secondary N) is 1. The number of aryl methyl sites for hydroxylation is 2. The third-order valence-electron chi connectivity index (χ3n) is 2.87. The number of pyridine rings is 1. The molecule has 0 saturated heterocycles. The number of aromatic nitrogens is 3. The van der Waals surface area contributed by atoms with Crippen molar-refractivity contribution in [3.8, 4) is 0 Å². The normalized spacial score (nSPS) is 12.6. The summed E-state index contributed by atoms with van der Waals surface area (Å²) in [5.41, 5.74) is 3.36. The fraction of sp³-hybridized carbons (Fsp3) is 0.385. The highest BCUT2D eigenvalue weighted by molar-refractivity contribution is 5.27. The van der Waals surface area contributed by atoms with Gasteiger partial charge in [-0.25, -0.2) is 0 Å². The van der Waals surface area contributed by atoms with E-state index in [9.17, 15) is 0 Å². The molecule has 0 bridgehead atoms. The van der Waals surface area contributed by atoms with Gasteiger partial charge in [0.25, 0.3) is 0 Å². The minimum absolute atomic E-state index is 0.156. The van der Waals surface area contributed by atoms with Gasteiger partial charge in [-0.3, -0.25) is 9.67 Å². The average Bonchev–Trinajstić information content (AvgIpc) is 2.81. The lowest BCUT2D eigenvalue weighted by Crippen LogP contribution is -2.17. The van der Waals surface area contributed by atoms with E-state index >= 15 is 0 Å². The van der Waals surface area contributed by atoms with Crippen molar-refractivity contribution in [2.75, 3.05) is 7.05 Å². The molecule has 0 saturated carbocycles. The first-order valence-electron chi connectivity index (χ1n) is 5.86. The molecule has 0 aliphatic rings. The average molecular weight is 230 g/mol. The van der Waals surface area contributed by atoms with Crippen molar-refractivity contribution in [1.29, 1.82) is 0 Å². The Balaban J connectivity index is 2.29. The third-order valence-corrected chi connectivity index (χ3v) is 2.87. The van der Waals surface area contributed by atoms with Gasteiger partial charge in [-0.1, -0.05) is 6.07 Å². The molecule has 1 unspecified atom stereocenters. The monoisotopic (exact) mass is 230 g/mol. The predicted octanol–water partition coefficient (Wildman–Crippen LogP) is 1.92. The van der Waals surface area contributed by atoms with E-state index in [0.29, 0.717) is 0 Å². The second-order valence-corrected chi connectivity index (χ2v) is 4.08. The molecule has 2 aromatic rings. The molecule has 2 aromatic heterocycles. The van der Waals surface area contributed by atoms with Crippen molar-refractivity contribution >= 4 is 0 Å². The van der Waals surface area contributed by atoms with Crippen LogP contribution in [0.4, 0.5) is 0 Å². The maximum atomic E-state index is 4.33. The molecule has 4 heteroatoms. The Hall–Kier alpha value is -1.68. The molecule has 0 fully saturated rings. The van der Waals surface area contributed by atoms with Crippen LogP contribution in [0.25, 0.3) is 0 Å². The fourth-order valence-electron chi connectivity index (χ4n) is 1.88. The van der Waals surface area contributed by atoms with Gasteiger partial charge in [0.2, 0.25) is 0 Å². The quantitative estimate of drug-likeness (QED) is 0.872. The molecule has 0 spiro atoms. The zero-order chi connectivity index (χ0) is 12.3. The summed E-state index contributed by atoms with van der Waals surface area (Å²) in [4.78, 5) is 4.33. The number of nitrogens with zero attached hydrogens (tertiary/aromatic N) is 3. The van der Waals surface area contributed by atoms with E-state index < -0.39 is 0 Å². The molecule has 17 heavy (non-hydrogen) atoms. The number of hydrogen-bond acceptors (Lipinski definition) is 3. The summed E-state index contributed by atoms with van der Waals surface area (Å²) in [5, 5.41) is 7.60. The van der Waals surface area contributed by atoms with Gasteiger partial charge in [-0.05, 0) is 32.5 Å². The molecule has 2 heterocycles. The minimum Gasteiger partial charge on any atom is -0.309 e. The summed E-state index contributed by atoms with van der Waals surface area (Å²) >= 11 is 0. The van der Waals surface area contributed by atoms with Gasteiger partial charge < -0.3 is 5.32 Å². The first-order chi connectivity index (χ1) is 8.24. The van der Waals surface area contributed by atoms with E-state index in [0.717, 1.165) is 17.8 Å². The maximum absolute atomic E-state index is 4.33. The Morgan fingerprint density at radius 2 is 2.12 bits per heavy atom. The highest BCUT2D eigenvalue weighted by atomic mass is 15.3. The van der Waals surface area contributed by atoms with Crippen molar-refractivity contribution in [3.63, 3.8) is 0 Å². The van der Waals surface area contributed by atoms with Crippen LogP contribution in [0.5, 0.6) is 0 Å². The van der Waals surface area contributed by atoms with Gasteiger partial charge in [0.05, 0.1) is 12.2 Å². The molecule has 0 aromatic carbocycles. The highest BCUT2D eigenvalue weighted by Crippen LogP contribution is 2.20.